The molecular formula is C10H12ClN5. The fourth-order valence-corrected chi connectivity index (χ4v) is 1.52. The van der Waals surface area contributed by atoms with Gasteiger partial charge in [0, 0.05) is 5.02 Å². The van der Waals surface area contributed by atoms with Crippen molar-refractivity contribution in [2.75, 3.05) is 7.05 Å². The number of hydrogen-bond donors (Lipinski definition) is 1. The lowest BCUT2D eigenvalue weighted by molar-refractivity contribution is 0.601. The second-order valence-corrected chi connectivity index (χ2v) is 3.85. The minimum atomic E-state index is 0.653. The molecule has 0 unspecified atom stereocenters. The van der Waals surface area contributed by atoms with E-state index in [1.54, 1.807) is 4.68 Å². The van der Waals surface area contributed by atoms with Crippen molar-refractivity contribution in [3.63, 3.8) is 0 Å². The number of nitrogens with zero attached hydrogens (tertiary/aromatic N) is 4. The summed E-state index contributed by atoms with van der Waals surface area (Å²) in [6.07, 6.45) is 0. The summed E-state index contributed by atoms with van der Waals surface area (Å²) in [5.74, 6) is 0.817. The van der Waals surface area contributed by atoms with Gasteiger partial charge in [0.25, 0.3) is 0 Å². The Morgan fingerprint density at radius 1 is 1.31 bits per heavy atom. The molecule has 16 heavy (non-hydrogen) atoms. The lowest BCUT2D eigenvalue weighted by atomic mass is 10.2. The second-order valence-electron chi connectivity index (χ2n) is 3.41. The molecule has 1 aromatic carbocycles. The van der Waals surface area contributed by atoms with Gasteiger partial charge in [0.2, 0.25) is 0 Å². The summed E-state index contributed by atoms with van der Waals surface area (Å²) in [5, 5.41) is 15.3. The van der Waals surface area contributed by atoms with Crippen LogP contribution < -0.4 is 5.32 Å². The topological polar surface area (TPSA) is 55.6 Å². The van der Waals surface area contributed by atoms with Crippen molar-refractivity contribution in [3.8, 4) is 0 Å². The molecule has 0 atom stereocenters. The van der Waals surface area contributed by atoms with Crippen LogP contribution in [0, 0.1) is 0 Å². The minimum absolute atomic E-state index is 0.653. The summed E-state index contributed by atoms with van der Waals surface area (Å²) in [4.78, 5) is 0. The van der Waals surface area contributed by atoms with Crippen LogP contribution in [0.4, 0.5) is 0 Å². The standard InChI is InChI=1S/C10H12ClN5/c1-12-6-10-13-14-15-16(10)7-8-2-4-9(11)5-3-8/h2-5,12H,6-7H2,1H3. The van der Waals surface area contributed by atoms with Crippen molar-refractivity contribution in [2.24, 2.45) is 0 Å². The molecule has 0 saturated heterocycles. The molecule has 0 amide bonds. The van der Waals surface area contributed by atoms with Gasteiger partial charge in [0.15, 0.2) is 5.82 Å². The summed E-state index contributed by atoms with van der Waals surface area (Å²) in [6, 6.07) is 7.65. The first-order valence-corrected chi connectivity index (χ1v) is 5.31. The molecule has 1 aromatic heterocycles. The molecular weight excluding hydrogens is 226 g/mol. The summed E-state index contributed by atoms with van der Waals surface area (Å²) in [6.45, 7) is 1.31. The van der Waals surface area contributed by atoms with E-state index >= 15 is 0 Å². The maximum absolute atomic E-state index is 5.82. The SMILES string of the molecule is CNCc1nnnn1Cc1ccc(Cl)cc1. The molecule has 0 radical (unpaired) electrons. The molecule has 0 saturated carbocycles. The molecule has 1 N–H and O–H groups in total. The van der Waals surface area contributed by atoms with Gasteiger partial charge in [-0.25, -0.2) is 4.68 Å². The number of benzene rings is 1. The van der Waals surface area contributed by atoms with Gasteiger partial charge in [0.1, 0.15) is 0 Å². The lowest BCUT2D eigenvalue weighted by Crippen LogP contribution is -2.13. The van der Waals surface area contributed by atoms with Crippen molar-refractivity contribution >= 4 is 11.6 Å². The van der Waals surface area contributed by atoms with Crippen molar-refractivity contribution in [1.82, 2.24) is 25.5 Å². The molecule has 0 aliphatic carbocycles. The maximum Gasteiger partial charge on any atom is 0.165 e. The first-order valence-electron chi connectivity index (χ1n) is 4.93. The highest BCUT2D eigenvalue weighted by atomic mass is 35.5. The Morgan fingerprint density at radius 3 is 2.75 bits per heavy atom. The summed E-state index contributed by atoms with van der Waals surface area (Å²) < 4.78 is 1.76. The maximum atomic E-state index is 5.82. The Morgan fingerprint density at radius 2 is 2.06 bits per heavy atom. The Hall–Kier alpha value is -1.46. The number of hydrogen-bond acceptors (Lipinski definition) is 4. The third-order valence-electron chi connectivity index (χ3n) is 2.19. The normalized spacial score (nSPS) is 10.6. The van der Waals surface area contributed by atoms with E-state index in [-0.39, 0.29) is 0 Å². The fraction of sp³-hybridized carbons (Fsp3) is 0.300. The smallest absolute Gasteiger partial charge is 0.165 e. The molecule has 1 heterocycles. The minimum Gasteiger partial charge on any atom is -0.313 e. The Labute approximate surface area is 98.4 Å². The van der Waals surface area contributed by atoms with Crippen molar-refractivity contribution in [3.05, 3.63) is 40.7 Å². The van der Waals surface area contributed by atoms with Crippen LogP contribution in [-0.4, -0.2) is 27.3 Å². The van der Waals surface area contributed by atoms with Gasteiger partial charge in [-0.1, -0.05) is 23.7 Å². The summed E-state index contributed by atoms with van der Waals surface area (Å²) in [5.41, 5.74) is 1.12. The van der Waals surface area contributed by atoms with E-state index < -0.39 is 0 Å². The highest BCUT2D eigenvalue weighted by Gasteiger charge is 2.05. The molecule has 0 fully saturated rings. The van der Waals surface area contributed by atoms with E-state index in [9.17, 15) is 0 Å². The predicted molar refractivity (Wildman–Crippen MR) is 61.1 cm³/mol. The molecule has 5 nitrogen and oxygen atoms in total. The molecule has 0 aliphatic rings. The number of nitrogens with one attached hydrogen (secondary N) is 1. The largest absolute Gasteiger partial charge is 0.313 e. The molecule has 0 bridgehead atoms. The van der Waals surface area contributed by atoms with Crippen LogP contribution >= 0.6 is 11.6 Å². The molecule has 0 spiro atoms. The predicted octanol–water partition coefficient (Wildman–Crippen LogP) is 1.09. The van der Waals surface area contributed by atoms with Crippen LogP contribution in [0.2, 0.25) is 5.02 Å². The van der Waals surface area contributed by atoms with Gasteiger partial charge in [-0.2, -0.15) is 0 Å². The lowest BCUT2D eigenvalue weighted by Gasteiger charge is -2.04. The third-order valence-corrected chi connectivity index (χ3v) is 2.44. The van der Waals surface area contributed by atoms with Crippen molar-refractivity contribution < 1.29 is 0 Å². The van der Waals surface area contributed by atoms with Gasteiger partial charge in [0.05, 0.1) is 13.1 Å². The Kier molecular flexibility index (Phi) is 3.48. The van der Waals surface area contributed by atoms with Crippen LogP contribution in [0.1, 0.15) is 11.4 Å². The summed E-state index contributed by atoms with van der Waals surface area (Å²) >= 11 is 5.82. The molecule has 6 heteroatoms. The Bertz CT molecular complexity index is 450. The second kappa shape index (κ2) is 5.05. The molecule has 0 aliphatic heterocycles. The van der Waals surface area contributed by atoms with E-state index in [1.165, 1.54) is 0 Å². The van der Waals surface area contributed by atoms with Crippen LogP contribution in [0.3, 0.4) is 0 Å². The van der Waals surface area contributed by atoms with E-state index in [2.05, 4.69) is 20.8 Å². The van der Waals surface area contributed by atoms with Gasteiger partial charge in [-0.3, -0.25) is 0 Å². The average Bonchev–Trinajstić information content (AvgIpc) is 2.70. The highest BCUT2D eigenvalue weighted by Crippen LogP contribution is 2.10. The van der Waals surface area contributed by atoms with E-state index in [0.717, 1.165) is 16.4 Å². The van der Waals surface area contributed by atoms with Gasteiger partial charge < -0.3 is 5.32 Å². The van der Waals surface area contributed by atoms with Crippen LogP contribution in [-0.2, 0) is 13.1 Å². The molecule has 2 aromatic rings. The number of aromatic nitrogens is 4. The van der Waals surface area contributed by atoms with Crippen molar-refractivity contribution in [1.29, 1.82) is 0 Å². The quantitative estimate of drug-likeness (QED) is 0.865. The van der Waals surface area contributed by atoms with Crippen LogP contribution in [0.15, 0.2) is 24.3 Å². The van der Waals surface area contributed by atoms with Crippen LogP contribution in [0.25, 0.3) is 0 Å². The first-order chi connectivity index (χ1) is 7.79. The first kappa shape index (κ1) is 11.0. The number of tetrazole rings is 1. The third kappa shape index (κ3) is 2.56. The molecule has 2 rings (SSSR count). The van der Waals surface area contributed by atoms with Gasteiger partial charge in [-0.15, -0.1) is 5.10 Å². The van der Waals surface area contributed by atoms with Crippen LogP contribution in [0.5, 0.6) is 0 Å². The zero-order chi connectivity index (χ0) is 11.4. The Balaban J connectivity index is 2.13. The van der Waals surface area contributed by atoms with Gasteiger partial charge >= 0.3 is 0 Å². The monoisotopic (exact) mass is 237 g/mol. The number of rotatable bonds is 4. The molecule has 84 valence electrons. The summed E-state index contributed by atoms with van der Waals surface area (Å²) in [7, 11) is 1.86. The fourth-order valence-electron chi connectivity index (χ4n) is 1.39. The number of halogens is 1. The van der Waals surface area contributed by atoms with Crippen molar-refractivity contribution in [2.45, 2.75) is 13.1 Å². The van der Waals surface area contributed by atoms with Gasteiger partial charge in [-0.05, 0) is 35.2 Å². The zero-order valence-corrected chi connectivity index (χ0v) is 9.65. The van der Waals surface area contributed by atoms with E-state index in [1.807, 2.05) is 31.3 Å². The highest BCUT2D eigenvalue weighted by molar-refractivity contribution is 6.30. The zero-order valence-electron chi connectivity index (χ0n) is 8.89. The van der Waals surface area contributed by atoms with E-state index in [4.69, 9.17) is 11.6 Å². The van der Waals surface area contributed by atoms with E-state index in [0.29, 0.717) is 13.1 Å². The average molecular weight is 238 g/mol.